The number of hydrogen-bond acceptors (Lipinski definition) is 4. The average molecular weight is 302 g/mol. The van der Waals surface area contributed by atoms with Crippen LogP contribution in [-0.4, -0.2) is 4.98 Å². The van der Waals surface area contributed by atoms with Crippen LogP contribution < -0.4 is 11.1 Å². The van der Waals surface area contributed by atoms with E-state index in [2.05, 4.69) is 10.3 Å². The highest BCUT2D eigenvalue weighted by Crippen LogP contribution is 2.28. The molecule has 5 heteroatoms. The molecule has 0 aliphatic carbocycles. The molecule has 0 aliphatic rings. The van der Waals surface area contributed by atoms with Crippen LogP contribution in [-0.2, 0) is 0 Å². The quantitative estimate of drug-likeness (QED) is 0.684. The van der Waals surface area contributed by atoms with Gasteiger partial charge in [0.1, 0.15) is 0 Å². The average Bonchev–Trinajstić information content (AvgIpc) is 2.87. The first kappa shape index (κ1) is 13.0. The highest BCUT2D eigenvalue weighted by Gasteiger charge is 2.05. The third-order valence-electron chi connectivity index (χ3n) is 2.76. The number of nitrogens with zero attached hydrogens (tertiary/aromatic N) is 1. The second-order valence-electron chi connectivity index (χ2n) is 4.30. The van der Waals surface area contributed by atoms with Gasteiger partial charge in [0.05, 0.1) is 5.69 Å². The van der Waals surface area contributed by atoms with Crippen molar-refractivity contribution in [2.24, 2.45) is 0 Å². The second-order valence-corrected chi connectivity index (χ2v) is 5.59. The Morgan fingerprint density at radius 3 is 2.75 bits per heavy atom. The van der Waals surface area contributed by atoms with E-state index in [1.54, 1.807) is 11.3 Å². The molecular weight excluding hydrogens is 290 g/mol. The van der Waals surface area contributed by atoms with E-state index in [4.69, 9.17) is 17.3 Å². The molecule has 0 atom stereocenters. The number of thiazole rings is 1. The maximum Gasteiger partial charge on any atom is 0.187 e. The molecule has 0 bridgehead atoms. The maximum absolute atomic E-state index is 5.96. The largest absolute Gasteiger partial charge is 0.399 e. The topological polar surface area (TPSA) is 50.9 Å². The van der Waals surface area contributed by atoms with Gasteiger partial charge < -0.3 is 11.1 Å². The van der Waals surface area contributed by atoms with E-state index in [9.17, 15) is 0 Å². The van der Waals surface area contributed by atoms with Gasteiger partial charge in [-0.2, -0.15) is 0 Å². The summed E-state index contributed by atoms with van der Waals surface area (Å²) in [7, 11) is 0. The number of benzene rings is 2. The zero-order valence-corrected chi connectivity index (χ0v) is 12.1. The zero-order valence-electron chi connectivity index (χ0n) is 10.5. The Kier molecular flexibility index (Phi) is 3.58. The van der Waals surface area contributed by atoms with Crippen LogP contribution in [0.4, 0.5) is 16.5 Å². The summed E-state index contributed by atoms with van der Waals surface area (Å²) in [5, 5.41) is 6.76. The predicted octanol–water partition coefficient (Wildman–Crippen LogP) is 4.79. The van der Waals surface area contributed by atoms with Crippen molar-refractivity contribution in [3.63, 3.8) is 0 Å². The van der Waals surface area contributed by atoms with Crippen LogP contribution in [0.1, 0.15) is 0 Å². The van der Waals surface area contributed by atoms with Crippen molar-refractivity contribution in [1.29, 1.82) is 0 Å². The summed E-state index contributed by atoms with van der Waals surface area (Å²) in [6.07, 6.45) is 0. The van der Waals surface area contributed by atoms with Crippen LogP contribution in [0, 0.1) is 0 Å². The minimum atomic E-state index is 0.697. The van der Waals surface area contributed by atoms with Crippen LogP contribution >= 0.6 is 22.9 Å². The van der Waals surface area contributed by atoms with Crippen LogP contribution in [0.3, 0.4) is 0 Å². The van der Waals surface area contributed by atoms with Crippen LogP contribution in [0.5, 0.6) is 0 Å². The zero-order chi connectivity index (χ0) is 13.9. The summed E-state index contributed by atoms with van der Waals surface area (Å²) in [5.41, 5.74) is 9.37. The van der Waals surface area contributed by atoms with Crippen LogP contribution in [0.15, 0.2) is 53.9 Å². The molecule has 0 radical (unpaired) electrons. The van der Waals surface area contributed by atoms with E-state index in [-0.39, 0.29) is 0 Å². The Morgan fingerprint density at radius 1 is 1.10 bits per heavy atom. The monoisotopic (exact) mass is 301 g/mol. The van der Waals surface area contributed by atoms with Gasteiger partial charge in [-0.15, -0.1) is 11.3 Å². The summed E-state index contributed by atoms with van der Waals surface area (Å²) >= 11 is 7.50. The Morgan fingerprint density at radius 2 is 1.95 bits per heavy atom. The van der Waals surface area contributed by atoms with Gasteiger partial charge in [-0.05, 0) is 30.3 Å². The molecule has 0 fully saturated rings. The smallest absolute Gasteiger partial charge is 0.187 e. The van der Waals surface area contributed by atoms with Gasteiger partial charge in [-0.1, -0.05) is 29.8 Å². The predicted molar refractivity (Wildman–Crippen MR) is 86.7 cm³/mol. The molecule has 0 unspecified atom stereocenters. The van der Waals surface area contributed by atoms with Gasteiger partial charge in [0, 0.05) is 27.3 Å². The fraction of sp³-hybridized carbons (Fsp3) is 0. The SMILES string of the molecule is Nc1cccc(-c2csc(Nc3cccc(Cl)c3)n2)c1. The molecule has 0 spiro atoms. The standard InChI is InChI=1S/C15H12ClN3S/c16-11-4-2-6-13(8-11)18-15-19-14(9-20-15)10-3-1-5-12(17)7-10/h1-9H,17H2,(H,18,19). The molecule has 2 aromatic carbocycles. The molecule has 1 aromatic heterocycles. The Hall–Kier alpha value is -2.04. The molecule has 3 nitrogen and oxygen atoms in total. The normalized spacial score (nSPS) is 10.4. The van der Waals surface area contributed by atoms with Gasteiger partial charge in [-0.25, -0.2) is 4.98 Å². The first-order chi connectivity index (χ1) is 9.70. The van der Waals surface area contributed by atoms with E-state index >= 15 is 0 Å². The molecule has 20 heavy (non-hydrogen) atoms. The Balaban J connectivity index is 1.84. The highest BCUT2D eigenvalue weighted by molar-refractivity contribution is 7.14. The maximum atomic E-state index is 5.96. The summed E-state index contributed by atoms with van der Waals surface area (Å²) in [5.74, 6) is 0. The van der Waals surface area contributed by atoms with Crippen LogP contribution in [0.2, 0.25) is 5.02 Å². The fourth-order valence-electron chi connectivity index (χ4n) is 1.85. The number of nitrogens with two attached hydrogens (primary N) is 1. The molecule has 0 amide bonds. The van der Waals surface area contributed by atoms with Gasteiger partial charge in [0.15, 0.2) is 5.13 Å². The van der Waals surface area contributed by atoms with Crippen molar-refractivity contribution in [2.75, 3.05) is 11.1 Å². The molecule has 1 heterocycles. The Bertz CT molecular complexity index is 739. The van der Waals surface area contributed by atoms with Gasteiger partial charge >= 0.3 is 0 Å². The van der Waals surface area contributed by atoms with Crippen molar-refractivity contribution >= 4 is 39.4 Å². The molecule has 3 aromatic rings. The minimum absolute atomic E-state index is 0.697. The van der Waals surface area contributed by atoms with E-state index in [1.165, 1.54) is 0 Å². The van der Waals surface area contributed by atoms with E-state index < -0.39 is 0 Å². The minimum Gasteiger partial charge on any atom is -0.399 e. The number of rotatable bonds is 3. The lowest BCUT2D eigenvalue weighted by atomic mass is 10.1. The molecule has 3 rings (SSSR count). The van der Waals surface area contributed by atoms with Gasteiger partial charge in [0.25, 0.3) is 0 Å². The van der Waals surface area contributed by atoms with E-state index in [1.807, 2.05) is 53.9 Å². The number of nitrogens with one attached hydrogen (secondary N) is 1. The summed E-state index contributed by atoms with van der Waals surface area (Å²) in [6.45, 7) is 0. The van der Waals surface area contributed by atoms with Crippen molar-refractivity contribution in [1.82, 2.24) is 4.98 Å². The number of aromatic nitrogens is 1. The first-order valence-electron chi connectivity index (χ1n) is 6.05. The van der Waals surface area contributed by atoms with Crippen molar-refractivity contribution in [3.05, 3.63) is 58.9 Å². The molecular formula is C15H12ClN3S. The lowest BCUT2D eigenvalue weighted by Crippen LogP contribution is -1.89. The Labute approximate surface area is 126 Å². The van der Waals surface area contributed by atoms with Crippen molar-refractivity contribution in [2.45, 2.75) is 0 Å². The van der Waals surface area contributed by atoms with Gasteiger partial charge in [-0.3, -0.25) is 0 Å². The molecule has 100 valence electrons. The molecule has 0 saturated carbocycles. The number of halogens is 1. The molecule has 0 saturated heterocycles. The number of nitrogen functional groups attached to an aromatic ring is 1. The number of hydrogen-bond donors (Lipinski definition) is 2. The summed E-state index contributed by atoms with van der Waals surface area (Å²) < 4.78 is 0. The third kappa shape index (κ3) is 2.92. The third-order valence-corrected chi connectivity index (χ3v) is 3.76. The van der Waals surface area contributed by atoms with Crippen LogP contribution in [0.25, 0.3) is 11.3 Å². The summed E-state index contributed by atoms with van der Waals surface area (Å²) in [6, 6.07) is 15.3. The number of anilines is 3. The van der Waals surface area contributed by atoms with Gasteiger partial charge in [0.2, 0.25) is 0 Å². The fourth-order valence-corrected chi connectivity index (χ4v) is 2.78. The van der Waals surface area contributed by atoms with E-state index in [0.29, 0.717) is 5.02 Å². The van der Waals surface area contributed by atoms with E-state index in [0.717, 1.165) is 27.8 Å². The highest BCUT2D eigenvalue weighted by atomic mass is 35.5. The first-order valence-corrected chi connectivity index (χ1v) is 7.30. The lowest BCUT2D eigenvalue weighted by molar-refractivity contribution is 1.38. The molecule has 0 aliphatic heterocycles. The lowest BCUT2D eigenvalue weighted by Gasteiger charge is -2.02. The molecule has 3 N–H and O–H groups in total. The summed E-state index contributed by atoms with van der Waals surface area (Å²) in [4.78, 5) is 4.56. The van der Waals surface area contributed by atoms with Crippen molar-refractivity contribution in [3.8, 4) is 11.3 Å². The van der Waals surface area contributed by atoms with Crippen molar-refractivity contribution < 1.29 is 0 Å². The second kappa shape index (κ2) is 5.53.